The van der Waals surface area contributed by atoms with Crippen molar-refractivity contribution in [2.45, 2.75) is 31.5 Å². The minimum atomic E-state index is -4.61. The predicted octanol–water partition coefficient (Wildman–Crippen LogP) is 2.10. The van der Waals surface area contributed by atoms with Gasteiger partial charge in [0.25, 0.3) is 5.91 Å². The van der Waals surface area contributed by atoms with Gasteiger partial charge in [0.05, 0.1) is 11.7 Å². The quantitative estimate of drug-likeness (QED) is 0.839. The number of ether oxygens (including phenoxy) is 1. The van der Waals surface area contributed by atoms with E-state index in [4.69, 9.17) is 9.84 Å². The second-order valence-electron chi connectivity index (χ2n) is 5.34. The molecule has 0 aliphatic carbocycles. The average Bonchev–Trinajstić information content (AvgIpc) is 2.54. The summed E-state index contributed by atoms with van der Waals surface area (Å²) < 4.78 is 44.4. The molecule has 1 amide bonds. The summed E-state index contributed by atoms with van der Waals surface area (Å²) in [4.78, 5) is 17.3. The lowest BCUT2D eigenvalue weighted by Crippen LogP contribution is -2.42. The summed E-state index contributed by atoms with van der Waals surface area (Å²) in [7, 11) is 0. The van der Waals surface area contributed by atoms with E-state index in [0.717, 1.165) is 6.07 Å². The highest BCUT2D eigenvalue weighted by Crippen LogP contribution is 2.31. The minimum absolute atomic E-state index is 0.0311. The molecule has 1 aliphatic heterocycles. The van der Waals surface area contributed by atoms with E-state index in [1.165, 1.54) is 17.2 Å². The van der Waals surface area contributed by atoms with E-state index in [2.05, 4.69) is 4.98 Å². The third kappa shape index (κ3) is 4.65. The fourth-order valence-electron chi connectivity index (χ4n) is 2.49. The lowest BCUT2D eigenvalue weighted by atomic mass is 10.1. The molecule has 1 fully saturated rings. The standard InChI is InChI=1S/C15H19F3N2O3/c16-15(17,18)12-3-1-6-19-13(12)14(22)20-7-4-11(5-8-20)23-10-2-9-21/h1,3,6,11,21H,2,4-5,7-10H2. The van der Waals surface area contributed by atoms with E-state index in [0.29, 0.717) is 39.0 Å². The number of carbonyl (C=O) groups excluding carboxylic acids is 1. The van der Waals surface area contributed by atoms with E-state index in [-0.39, 0.29) is 12.7 Å². The zero-order valence-corrected chi connectivity index (χ0v) is 12.6. The van der Waals surface area contributed by atoms with Gasteiger partial charge in [0, 0.05) is 32.5 Å². The molecule has 0 radical (unpaired) electrons. The van der Waals surface area contributed by atoms with Crippen molar-refractivity contribution in [1.29, 1.82) is 0 Å². The van der Waals surface area contributed by atoms with Gasteiger partial charge in [0.2, 0.25) is 0 Å². The Morgan fingerprint density at radius 1 is 1.39 bits per heavy atom. The predicted molar refractivity (Wildman–Crippen MR) is 75.8 cm³/mol. The molecule has 128 valence electrons. The van der Waals surface area contributed by atoms with Gasteiger partial charge in [-0.15, -0.1) is 0 Å². The molecule has 1 aliphatic rings. The summed E-state index contributed by atoms with van der Waals surface area (Å²) in [5.74, 6) is -0.702. The summed E-state index contributed by atoms with van der Waals surface area (Å²) in [6.45, 7) is 1.15. The smallest absolute Gasteiger partial charge is 0.396 e. The molecule has 0 spiro atoms. The van der Waals surface area contributed by atoms with Crippen LogP contribution >= 0.6 is 0 Å². The van der Waals surface area contributed by atoms with Gasteiger partial charge < -0.3 is 14.7 Å². The molecule has 8 heteroatoms. The number of aliphatic hydroxyl groups is 1. The molecule has 2 heterocycles. The molecule has 1 aromatic rings. The fraction of sp³-hybridized carbons (Fsp3) is 0.600. The average molecular weight is 332 g/mol. The Balaban J connectivity index is 1.98. The highest BCUT2D eigenvalue weighted by Gasteiger charge is 2.37. The van der Waals surface area contributed by atoms with Crippen LogP contribution in [0.1, 0.15) is 35.3 Å². The Labute approximate surface area is 132 Å². The number of hydrogen-bond acceptors (Lipinski definition) is 4. The van der Waals surface area contributed by atoms with Gasteiger partial charge in [0.15, 0.2) is 0 Å². The van der Waals surface area contributed by atoms with Crippen molar-refractivity contribution in [3.05, 3.63) is 29.6 Å². The molecule has 0 bridgehead atoms. The zero-order valence-electron chi connectivity index (χ0n) is 12.6. The van der Waals surface area contributed by atoms with E-state index in [9.17, 15) is 18.0 Å². The molecule has 23 heavy (non-hydrogen) atoms. The number of piperidine rings is 1. The SMILES string of the molecule is O=C(c1ncccc1C(F)(F)F)N1CCC(OCCCO)CC1. The summed E-state index contributed by atoms with van der Waals surface area (Å²) in [5.41, 5.74) is -1.56. The lowest BCUT2D eigenvalue weighted by Gasteiger charge is -2.32. The number of pyridine rings is 1. The molecule has 2 rings (SSSR count). The first-order valence-electron chi connectivity index (χ1n) is 7.47. The number of halogens is 3. The molecular formula is C15H19F3N2O3. The normalized spacial score (nSPS) is 16.6. The van der Waals surface area contributed by atoms with Crippen molar-refractivity contribution in [3.8, 4) is 0 Å². The first-order valence-corrected chi connectivity index (χ1v) is 7.47. The van der Waals surface area contributed by atoms with Crippen LogP contribution in [0.15, 0.2) is 18.3 Å². The molecule has 5 nitrogen and oxygen atoms in total. The molecule has 0 saturated carbocycles. The van der Waals surface area contributed by atoms with Gasteiger partial charge in [-0.1, -0.05) is 0 Å². The second-order valence-corrected chi connectivity index (χ2v) is 5.34. The fourth-order valence-corrected chi connectivity index (χ4v) is 2.49. The number of alkyl halides is 3. The topological polar surface area (TPSA) is 62.7 Å². The molecular weight excluding hydrogens is 313 g/mol. The van der Waals surface area contributed by atoms with Crippen LogP contribution in [-0.4, -0.2) is 53.3 Å². The number of hydrogen-bond donors (Lipinski definition) is 1. The number of nitrogens with zero attached hydrogens (tertiary/aromatic N) is 2. The van der Waals surface area contributed by atoms with E-state index in [1.807, 2.05) is 0 Å². The van der Waals surface area contributed by atoms with Crippen LogP contribution in [0.2, 0.25) is 0 Å². The number of rotatable bonds is 5. The van der Waals surface area contributed by atoms with Crippen LogP contribution in [-0.2, 0) is 10.9 Å². The Bertz CT molecular complexity index is 529. The minimum Gasteiger partial charge on any atom is -0.396 e. The van der Waals surface area contributed by atoms with Crippen molar-refractivity contribution in [3.63, 3.8) is 0 Å². The van der Waals surface area contributed by atoms with Crippen molar-refractivity contribution < 1.29 is 27.8 Å². The summed E-state index contributed by atoms with van der Waals surface area (Å²) in [6, 6.07) is 2.03. The molecule has 1 N–H and O–H groups in total. The van der Waals surface area contributed by atoms with Crippen LogP contribution in [0.3, 0.4) is 0 Å². The van der Waals surface area contributed by atoms with Crippen molar-refractivity contribution in [2.24, 2.45) is 0 Å². The Morgan fingerprint density at radius 3 is 2.70 bits per heavy atom. The molecule has 0 aromatic carbocycles. The van der Waals surface area contributed by atoms with E-state index in [1.54, 1.807) is 0 Å². The van der Waals surface area contributed by atoms with Gasteiger partial charge >= 0.3 is 6.18 Å². The van der Waals surface area contributed by atoms with Crippen LogP contribution in [0.4, 0.5) is 13.2 Å². The van der Waals surface area contributed by atoms with E-state index >= 15 is 0 Å². The van der Waals surface area contributed by atoms with Crippen LogP contribution in [0.25, 0.3) is 0 Å². The summed E-state index contributed by atoms with van der Waals surface area (Å²) in [5, 5.41) is 8.70. The monoisotopic (exact) mass is 332 g/mol. The second kappa shape index (κ2) is 7.74. The molecule has 1 aromatic heterocycles. The highest BCUT2D eigenvalue weighted by atomic mass is 19.4. The summed E-state index contributed by atoms with van der Waals surface area (Å²) in [6.07, 6.45) is -1.78. The number of carbonyl (C=O) groups is 1. The van der Waals surface area contributed by atoms with Crippen molar-refractivity contribution >= 4 is 5.91 Å². The van der Waals surface area contributed by atoms with Crippen LogP contribution in [0.5, 0.6) is 0 Å². The van der Waals surface area contributed by atoms with Gasteiger partial charge in [0.1, 0.15) is 5.69 Å². The maximum absolute atomic E-state index is 13.0. The Hall–Kier alpha value is -1.67. The highest BCUT2D eigenvalue weighted by molar-refractivity contribution is 5.94. The van der Waals surface area contributed by atoms with Crippen molar-refractivity contribution in [2.75, 3.05) is 26.3 Å². The van der Waals surface area contributed by atoms with Crippen molar-refractivity contribution in [1.82, 2.24) is 9.88 Å². The Kier molecular flexibility index (Phi) is 5.95. The number of amides is 1. The van der Waals surface area contributed by atoms with Gasteiger partial charge in [-0.3, -0.25) is 9.78 Å². The largest absolute Gasteiger partial charge is 0.418 e. The maximum Gasteiger partial charge on any atom is 0.418 e. The number of aliphatic hydroxyl groups excluding tert-OH is 1. The zero-order chi connectivity index (χ0) is 16.9. The first-order chi connectivity index (χ1) is 10.9. The summed E-state index contributed by atoms with van der Waals surface area (Å²) >= 11 is 0. The Morgan fingerprint density at radius 2 is 2.09 bits per heavy atom. The lowest BCUT2D eigenvalue weighted by molar-refractivity contribution is -0.138. The number of aromatic nitrogens is 1. The first kappa shape index (κ1) is 17.7. The molecule has 0 atom stereocenters. The number of likely N-dealkylation sites (tertiary alicyclic amines) is 1. The third-order valence-corrected chi connectivity index (χ3v) is 3.70. The molecule has 0 unspecified atom stereocenters. The van der Waals surface area contributed by atoms with Gasteiger partial charge in [-0.25, -0.2) is 0 Å². The van der Waals surface area contributed by atoms with Crippen LogP contribution < -0.4 is 0 Å². The maximum atomic E-state index is 13.0. The van der Waals surface area contributed by atoms with Gasteiger partial charge in [-0.2, -0.15) is 13.2 Å². The third-order valence-electron chi connectivity index (χ3n) is 3.70. The van der Waals surface area contributed by atoms with Crippen LogP contribution in [0, 0.1) is 0 Å². The van der Waals surface area contributed by atoms with Gasteiger partial charge in [-0.05, 0) is 31.4 Å². The molecule has 1 saturated heterocycles. The van der Waals surface area contributed by atoms with E-state index < -0.39 is 23.3 Å².